The largest absolute Gasteiger partial charge is 0.396 e. The molecule has 142 valence electrons. The third kappa shape index (κ3) is 7.67. The van der Waals surface area contributed by atoms with Gasteiger partial charge >= 0.3 is 0 Å². The van der Waals surface area contributed by atoms with E-state index >= 15 is 0 Å². The molecular weight excluding hydrogens is 326 g/mol. The van der Waals surface area contributed by atoms with Crippen molar-refractivity contribution in [1.82, 2.24) is 4.90 Å². The van der Waals surface area contributed by atoms with Crippen molar-refractivity contribution in [2.45, 2.75) is 33.1 Å². The fourth-order valence-corrected chi connectivity index (χ4v) is 2.92. The zero-order valence-corrected chi connectivity index (χ0v) is 15.8. The van der Waals surface area contributed by atoms with Gasteiger partial charge in [-0.2, -0.15) is 0 Å². The van der Waals surface area contributed by atoms with E-state index in [1.807, 2.05) is 62.4 Å². The summed E-state index contributed by atoms with van der Waals surface area (Å²) < 4.78 is 5.66. The molecule has 0 radical (unpaired) electrons. The number of nitrogens with zero attached hydrogens (tertiary/aromatic N) is 1. The first-order valence-corrected chi connectivity index (χ1v) is 9.15. The van der Waals surface area contributed by atoms with Crippen molar-refractivity contribution in [3.8, 4) is 0 Å². The molecule has 0 spiro atoms. The van der Waals surface area contributed by atoms with Crippen LogP contribution in [0.1, 0.15) is 25.0 Å². The average Bonchev–Trinajstić information content (AvgIpc) is 2.63. The predicted molar refractivity (Wildman–Crippen MR) is 105 cm³/mol. The summed E-state index contributed by atoms with van der Waals surface area (Å²) in [6.07, 6.45) is -0.572. The van der Waals surface area contributed by atoms with Crippen LogP contribution in [0.2, 0.25) is 0 Å². The van der Waals surface area contributed by atoms with Crippen molar-refractivity contribution in [3.05, 3.63) is 71.8 Å². The van der Waals surface area contributed by atoms with Crippen LogP contribution in [0.25, 0.3) is 0 Å². The summed E-state index contributed by atoms with van der Waals surface area (Å²) in [4.78, 5) is 2.18. The first-order valence-electron chi connectivity index (χ1n) is 9.15. The predicted octanol–water partition coefficient (Wildman–Crippen LogP) is 3.08. The molecule has 0 aliphatic carbocycles. The van der Waals surface area contributed by atoms with E-state index in [0.29, 0.717) is 26.3 Å². The average molecular weight is 357 g/mol. The van der Waals surface area contributed by atoms with Crippen molar-refractivity contribution < 1.29 is 14.9 Å². The Bertz CT molecular complexity index is 616. The van der Waals surface area contributed by atoms with Crippen LogP contribution in [0.5, 0.6) is 0 Å². The van der Waals surface area contributed by atoms with E-state index in [9.17, 15) is 10.2 Å². The van der Waals surface area contributed by atoms with E-state index in [-0.39, 0.29) is 12.0 Å². The highest BCUT2D eigenvalue weighted by Gasteiger charge is 2.23. The van der Waals surface area contributed by atoms with E-state index in [4.69, 9.17) is 4.74 Å². The molecule has 2 aromatic rings. The van der Waals surface area contributed by atoms with Gasteiger partial charge in [0.05, 0.1) is 19.3 Å². The summed E-state index contributed by atoms with van der Waals surface area (Å²) >= 11 is 0. The first kappa shape index (κ1) is 20.6. The first-order chi connectivity index (χ1) is 12.5. The highest BCUT2D eigenvalue weighted by atomic mass is 16.5. The molecule has 2 N–H and O–H groups in total. The summed E-state index contributed by atoms with van der Waals surface area (Å²) in [6.45, 7) is 6.91. The van der Waals surface area contributed by atoms with Gasteiger partial charge in [0.15, 0.2) is 0 Å². The summed E-state index contributed by atoms with van der Waals surface area (Å²) in [7, 11) is 0. The topological polar surface area (TPSA) is 52.9 Å². The molecule has 0 fully saturated rings. The van der Waals surface area contributed by atoms with Crippen molar-refractivity contribution in [2.24, 2.45) is 5.41 Å². The molecule has 0 aliphatic rings. The quantitative estimate of drug-likeness (QED) is 0.649. The molecule has 0 unspecified atom stereocenters. The van der Waals surface area contributed by atoms with Gasteiger partial charge < -0.3 is 14.9 Å². The van der Waals surface area contributed by atoms with Crippen LogP contribution in [-0.2, 0) is 17.9 Å². The lowest BCUT2D eigenvalue weighted by atomic mass is 9.93. The van der Waals surface area contributed by atoms with Crippen LogP contribution in [0, 0.1) is 5.41 Å². The normalized spacial score (nSPS) is 13.1. The number of hydrogen-bond acceptors (Lipinski definition) is 4. The van der Waals surface area contributed by atoms with Gasteiger partial charge in [-0.05, 0) is 11.1 Å². The highest BCUT2D eigenvalue weighted by molar-refractivity contribution is 5.15. The smallest absolute Gasteiger partial charge is 0.0900 e. The second-order valence-corrected chi connectivity index (χ2v) is 7.63. The number of aliphatic hydroxyl groups is 2. The van der Waals surface area contributed by atoms with Crippen molar-refractivity contribution in [1.29, 1.82) is 0 Å². The third-order valence-electron chi connectivity index (χ3n) is 4.22. The minimum absolute atomic E-state index is 0.110. The lowest BCUT2D eigenvalue weighted by Crippen LogP contribution is -2.41. The van der Waals surface area contributed by atoms with Crippen LogP contribution >= 0.6 is 0 Å². The van der Waals surface area contributed by atoms with Gasteiger partial charge in [0.2, 0.25) is 0 Å². The molecule has 0 saturated heterocycles. The van der Waals surface area contributed by atoms with Crippen LogP contribution in [0.3, 0.4) is 0 Å². The zero-order valence-electron chi connectivity index (χ0n) is 15.8. The van der Waals surface area contributed by atoms with Crippen LogP contribution in [0.4, 0.5) is 0 Å². The maximum atomic E-state index is 10.4. The van der Waals surface area contributed by atoms with E-state index in [0.717, 1.165) is 12.1 Å². The summed E-state index contributed by atoms with van der Waals surface area (Å²) in [5.74, 6) is 0. The molecule has 2 aromatic carbocycles. The van der Waals surface area contributed by atoms with Gasteiger partial charge in [0.25, 0.3) is 0 Å². The minimum Gasteiger partial charge on any atom is -0.396 e. The van der Waals surface area contributed by atoms with Gasteiger partial charge in [-0.15, -0.1) is 0 Å². The lowest BCUT2D eigenvalue weighted by molar-refractivity contribution is -0.00161. The number of ether oxygens (including phenoxy) is 1. The molecule has 1 atom stereocenters. The Balaban J connectivity index is 1.87. The summed E-state index contributed by atoms with van der Waals surface area (Å²) in [5, 5.41) is 20.0. The molecule has 4 heteroatoms. The molecule has 0 amide bonds. The van der Waals surface area contributed by atoms with Gasteiger partial charge in [0, 0.05) is 31.7 Å². The number of rotatable bonds is 11. The van der Waals surface area contributed by atoms with Crippen LogP contribution in [-0.4, -0.2) is 47.5 Å². The second-order valence-electron chi connectivity index (χ2n) is 7.63. The standard InChI is InChI=1S/C22H31NO3/c1-22(2,18-24)17-23(13-19-9-5-3-6-10-19)14-21(25)16-26-15-20-11-7-4-8-12-20/h3-12,21,24-25H,13-18H2,1-2H3/t21-/m0/s1. The number of hydrogen-bond donors (Lipinski definition) is 2. The third-order valence-corrected chi connectivity index (χ3v) is 4.22. The van der Waals surface area contributed by atoms with Gasteiger partial charge in [0.1, 0.15) is 0 Å². The Kier molecular flexibility index (Phi) is 8.26. The van der Waals surface area contributed by atoms with E-state index in [2.05, 4.69) is 17.0 Å². The molecule has 26 heavy (non-hydrogen) atoms. The van der Waals surface area contributed by atoms with Crippen LogP contribution < -0.4 is 0 Å². The zero-order chi connectivity index (χ0) is 18.8. The number of aliphatic hydroxyl groups excluding tert-OH is 2. The van der Waals surface area contributed by atoms with E-state index < -0.39 is 6.10 Å². The van der Waals surface area contributed by atoms with Crippen LogP contribution in [0.15, 0.2) is 60.7 Å². The Morgan fingerprint density at radius 2 is 1.54 bits per heavy atom. The Morgan fingerprint density at radius 3 is 2.12 bits per heavy atom. The molecule has 4 nitrogen and oxygen atoms in total. The van der Waals surface area contributed by atoms with Crippen molar-refractivity contribution >= 4 is 0 Å². The molecule has 0 saturated carbocycles. The van der Waals surface area contributed by atoms with E-state index in [1.54, 1.807) is 0 Å². The second kappa shape index (κ2) is 10.4. The molecule has 0 heterocycles. The fourth-order valence-electron chi connectivity index (χ4n) is 2.92. The Labute approximate surface area is 157 Å². The maximum absolute atomic E-state index is 10.4. The molecule has 0 bridgehead atoms. The fraction of sp³-hybridized carbons (Fsp3) is 0.455. The Hall–Kier alpha value is -1.72. The molecular formula is C22H31NO3. The molecule has 0 aromatic heterocycles. The SMILES string of the molecule is CC(C)(CO)CN(Cc1ccccc1)C[C@H](O)COCc1ccccc1. The van der Waals surface area contributed by atoms with Crippen molar-refractivity contribution in [3.63, 3.8) is 0 Å². The monoisotopic (exact) mass is 357 g/mol. The summed E-state index contributed by atoms with van der Waals surface area (Å²) in [6, 6.07) is 20.2. The van der Waals surface area contributed by atoms with E-state index in [1.165, 1.54) is 5.56 Å². The van der Waals surface area contributed by atoms with Gasteiger partial charge in [-0.1, -0.05) is 74.5 Å². The molecule has 0 aliphatic heterocycles. The number of benzene rings is 2. The molecule has 2 rings (SSSR count). The lowest BCUT2D eigenvalue weighted by Gasteiger charge is -2.32. The minimum atomic E-state index is -0.572. The van der Waals surface area contributed by atoms with Crippen molar-refractivity contribution in [2.75, 3.05) is 26.3 Å². The maximum Gasteiger partial charge on any atom is 0.0900 e. The Morgan fingerprint density at radius 1 is 0.962 bits per heavy atom. The summed E-state index contributed by atoms with van der Waals surface area (Å²) in [5.41, 5.74) is 2.07. The van der Waals surface area contributed by atoms with Gasteiger partial charge in [-0.25, -0.2) is 0 Å². The van der Waals surface area contributed by atoms with Gasteiger partial charge in [-0.3, -0.25) is 4.90 Å². The highest BCUT2D eigenvalue weighted by Crippen LogP contribution is 2.18.